The van der Waals surface area contributed by atoms with Crippen LogP contribution in [0.25, 0.3) is 44.1 Å². The zero-order chi connectivity index (χ0) is 38.9. The summed E-state index contributed by atoms with van der Waals surface area (Å²) < 4.78 is 12.5. The fourth-order valence-corrected chi connectivity index (χ4v) is 7.18. The van der Waals surface area contributed by atoms with Gasteiger partial charge < -0.3 is 9.47 Å². The maximum atomic E-state index is 12.7. The van der Waals surface area contributed by atoms with Crippen molar-refractivity contribution in [2.45, 2.75) is 72.1 Å². The first-order chi connectivity index (χ1) is 25.6. The van der Waals surface area contributed by atoms with E-state index in [1.807, 2.05) is 74.0 Å². The largest absolute Gasteiger partial charge is 0.496 e. The summed E-state index contributed by atoms with van der Waals surface area (Å²) in [5.41, 5.74) is 9.48. The lowest BCUT2D eigenvalue weighted by Crippen LogP contribution is -2.15. The van der Waals surface area contributed by atoms with Crippen molar-refractivity contribution in [1.82, 2.24) is 15.0 Å². The summed E-state index contributed by atoms with van der Waals surface area (Å²) in [7, 11) is 3.37. The molecule has 0 unspecified atom stereocenters. The average molecular weight is 785 g/mol. The molecule has 0 amide bonds. The maximum absolute atomic E-state index is 12.7. The highest BCUT2D eigenvalue weighted by molar-refractivity contribution is 9.10. The number of methoxy groups -OCH3 is 2. The van der Waals surface area contributed by atoms with E-state index in [0.717, 1.165) is 76.9 Å². The molecule has 2 aliphatic carbocycles. The highest BCUT2D eigenvalue weighted by Crippen LogP contribution is 2.43. The Labute approximate surface area is 326 Å². The zero-order valence-corrected chi connectivity index (χ0v) is 34.0. The topological polar surface area (TPSA) is 91.3 Å². The lowest BCUT2D eigenvalue weighted by Gasteiger charge is -2.25. The molecule has 2 aliphatic rings. The second-order valence-electron chi connectivity index (χ2n) is 15.6. The van der Waals surface area contributed by atoms with Gasteiger partial charge in [0.05, 0.1) is 25.3 Å². The number of nitrogens with zero attached hydrogens (tertiary/aromatic N) is 3. The van der Waals surface area contributed by atoms with Crippen LogP contribution in [-0.4, -0.2) is 40.7 Å². The minimum absolute atomic E-state index is 0.109. The lowest BCUT2D eigenvalue weighted by molar-refractivity contribution is -0.113. The average Bonchev–Trinajstić information content (AvgIpc) is 3.13. The molecule has 3 aromatic heterocycles. The molecule has 0 fully saturated rings. The number of hydrogen-bond donors (Lipinski definition) is 0. The Kier molecular flexibility index (Phi) is 10.9. The van der Waals surface area contributed by atoms with Gasteiger partial charge in [-0.1, -0.05) is 84.1 Å². The number of benzene rings is 2. The number of aromatic nitrogens is 3. The second-order valence-corrected chi connectivity index (χ2v) is 16.6. The number of aryl methyl sites for hydroxylation is 1. The van der Waals surface area contributed by atoms with Gasteiger partial charge in [0, 0.05) is 96.9 Å². The molecule has 54 heavy (non-hydrogen) atoms. The van der Waals surface area contributed by atoms with Crippen LogP contribution in [0, 0.1) is 6.92 Å². The highest BCUT2D eigenvalue weighted by atomic mass is 79.9. The number of ether oxygens (including phenoxy) is 2. The van der Waals surface area contributed by atoms with Crippen molar-refractivity contribution in [3.63, 3.8) is 0 Å². The smallest absolute Gasteiger partial charge is 0.167 e. The van der Waals surface area contributed by atoms with E-state index in [-0.39, 0.29) is 22.4 Å². The predicted molar refractivity (Wildman–Crippen MR) is 223 cm³/mol. The number of fused-ring (bicyclic) bond motifs is 2. The summed E-state index contributed by atoms with van der Waals surface area (Å²) in [6.07, 6.45) is 17.7. The number of carbonyl (C=O) groups is 2. The molecule has 0 spiro atoms. The van der Waals surface area contributed by atoms with Gasteiger partial charge in [-0.3, -0.25) is 24.5 Å². The van der Waals surface area contributed by atoms with Crippen LogP contribution in [0.5, 0.6) is 11.5 Å². The Hall–Kier alpha value is -5.21. The van der Waals surface area contributed by atoms with Gasteiger partial charge in [0.15, 0.2) is 11.6 Å². The normalized spacial score (nSPS) is 14.5. The standard InChI is InChI=1S/C26H26N2O2.C20H20BrNO2/c1-16-10-11-17(14-27-16)18-12-21-24(28-15-18)20(19-8-6-7-9-23(19)29)13-22(25(21)30-5)26(2,3)4;1-20(2,3)16-10-14(13-7-5-6-8-17(13)23)18-15(19(16)24-4)9-12(21)11-22-18/h6-8,10-15H,9H2,1-5H3;5-7,9-11H,8H2,1-4H3. The monoisotopic (exact) mass is 783 g/mol. The van der Waals surface area contributed by atoms with E-state index in [9.17, 15) is 9.59 Å². The van der Waals surface area contributed by atoms with E-state index in [2.05, 4.69) is 85.6 Å². The van der Waals surface area contributed by atoms with Gasteiger partial charge in [0.1, 0.15) is 11.5 Å². The Bertz CT molecular complexity index is 2420. The number of pyridine rings is 3. The Morgan fingerprint density at radius 2 is 1.11 bits per heavy atom. The molecule has 276 valence electrons. The molecule has 8 heteroatoms. The summed E-state index contributed by atoms with van der Waals surface area (Å²) in [6.45, 7) is 14.8. The van der Waals surface area contributed by atoms with Gasteiger partial charge in [-0.2, -0.15) is 0 Å². The molecule has 3 heterocycles. The van der Waals surface area contributed by atoms with Crippen LogP contribution in [0.3, 0.4) is 0 Å². The zero-order valence-electron chi connectivity index (χ0n) is 32.4. The van der Waals surface area contributed by atoms with E-state index in [4.69, 9.17) is 14.5 Å². The molecule has 0 bridgehead atoms. The molecule has 0 N–H and O–H groups in total. The van der Waals surface area contributed by atoms with E-state index in [1.165, 1.54) is 0 Å². The molecular formula is C46H46BrN3O4. The first-order valence-electron chi connectivity index (χ1n) is 18.0. The van der Waals surface area contributed by atoms with Crippen molar-refractivity contribution < 1.29 is 19.1 Å². The lowest BCUT2D eigenvalue weighted by atomic mass is 9.82. The number of halogens is 1. The summed E-state index contributed by atoms with van der Waals surface area (Å²) in [5, 5.41) is 1.82. The number of Topliss-reactive ketones (excluding diaryl/α,β-unsaturated/α-hetero) is 2. The van der Waals surface area contributed by atoms with Crippen molar-refractivity contribution in [3.05, 3.63) is 124 Å². The van der Waals surface area contributed by atoms with Crippen LogP contribution < -0.4 is 9.47 Å². The van der Waals surface area contributed by atoms with E-state index in [1.54, 1.807) is 20.4 Å². The van der Waals surface area contributed by atoms with Crippen molar-refractivity contribution in [1.29, 1.82) is 0 Å². The summed E-state index contributed by atoms with van der Waals surface area (Å²) in [6, 6.07) is 12.3. The first-order valence-corrected chi connectivity index (χ1v) is 18.8. The van der Waals surface area contributed by atoms with Gasteiger partial charge >= 0.3 is 0 Å². The Morgan fingerprint density at radius 3 is 1.56 bits per heavy atom. The minimum atomic E-state index is -0.163. The van der Waals surface area contributed by atoms with Gasteiger partial charge in [-0.15, -0.1) is 0 Å². The van der Waals surface area contributed by atoms with E-state index >= 15 is 0 Å². The molecule has 2 aromatic carbocycles. The van der Waals surface area contributed by atoms with Crippen molar-refractivity contribution in [2.24, 2.45) is 0 Å². The van der Waals surface area contributed by atoms with Crippen LogP contribution in [0.1, 0.15) is 82.3 Å². The molecule has 7 nitrogen and oxygen atoms in total. The molecule has 7 rings (SSSR count). The quantitative estimate of drug-likeness (QED) is 0.175. The van der Waals surface area contributed by atoms with Crippen LogP contribution >= 0.6 is 15.9 Å². The molecule has 5 aromatic rings. The number of rotatable bonds is 5. The predicted octanol–water partition coefficient (Wildman–Crippen LogP) is 11.0. The molecule has 0 atom stereocenters. The fraction of sp³-hybridized carbons (Fsp3) is 0.283. The van der Waals surface area contributed by atoms with Crippen LogP contribution in [0.15, 0.2) is 95.9 Å². The molecule has 0 radical (unpaired) electrons. The fourth-order valence-electron chi connectivity index (χ4n) is 6.85. The molecule has 0 saturated heterocycles. The Balaban J connectivity index is 0.000000189. The van der Waals surface area contributed by atoms with Crippen molar-refractivity contribution >= 4 is 60.4 Å². The van der Waals surface area contributed by atoms with Crippen molar-refractivity contribution in [3.8, 4) is 22.6 Å². The maximum Gasteiger partial charge on any atom is 0.167 e. The van der Waals surface area contributed by atoms with E-state index in [0.29, 0.717) is 24.0 Å². The molecule has 0 saturated carbocycles. The summed E-state index contributed by atoms with van der Waals surface area (Å²) >= 11 is 3.49. The molecule has 0 aliphatic heterocycles. The van der Waals surface area contributed by atoms with Crippen LogP contribution in [0.4, 0.5) is 0 Å². The number of ketones is 2. The van der Waals surface area contributed by atoms with Gasteiger partial charge in [0.2, 0.25) is 0 Å². The third-order valence-electron chi connectivity index (χ3n) is 9.66. The number of allylic oxidation sites excluding steroid dienone is 8. The van der Waals surface area contributed by atoms with Gasteiger partial charge in [0.25, 0.3) is 0 Å². The molecular weight excluding hydrogens is 738 g/mol. The second kappa shape index (κ2) is 15.3. The summed E-state index contributed by atoms with van der Waals surface area (Å²) in [5.74, 6) is 1.84. The van der Waals surface area contributed by atoms with Gasteiger partial charge in [-0.05, 0) is 64.0 Å². The highest BCUT2D eigenvalue weighted by Gasteiger charge is 2.28. The minimum Gasteiger partial charge on any atom is -0.496 e. The van der Waals surface area contributed by atoms with Crippen LogP contribution in [-0.2, 0) is 20.4 Å². The SMILES string of the molecule is COc1c(C(C)(C)C)cc(C2=CC=CCC2=O)c2ncc(-c3ccc(C)nc3)cc12.COc1c(C(C)(C)C)cc(C2=CC=CCC2=O)c2ncc(Br)cc12. The van der Waals surface area contributed by atoms with Crippen LogP contribution in [0.2, 0.25) is 0 Å². The first kappa shape index (κ1) is 38.5. The Morgan fingerprint density at radius 1 is 0.630 bits per heavy atom. The van der Waals surface area contributed by atoms with Gasteiger partial charge in [-0.25, -0.2) is 0 Å². The number of hydrogen-bond acceptors (Lipinski definition) is 7. The van der Waals surface area contributed by atoms with Crippen molar-refractivity contribution in [2.75, 3.05) is 14.2 Å². The third kappa shape index (κ3) is 7.71. The summed E-state index contributed by atoms with van der Waals surface area (Å²) in [4.78, 5) is 38.9. The van der Waals surface area contributed by atoms with E-state index < -0.39 is 0 Å². The number of carbonyl (C=O) groups excluding carboxylic acids is 2. The third-order valence-corrected chi connectivity index (χ3v) is 10.1.